The number of nitriles is 1. The molecule has 2 aromatic rings. The highest BCUT2D eigenvalue weighted by atomic mass is 16.5. The third-order valence-electron chi connectivity index (χ3n) is 4.00. The van der Waals surface area contributed by atoms with Crippen molar-refractivity contribution in [2.75, 3.05) is 18.1 Å². The van der Waals surface area contributed by atoms with E-state index in [9.17, 15) is 0 Å². The zero-order valence-electron chi connectivity index (χ0n) is 12.7. The quantitative estimate of drug-likeness (QED) is 0.862. The Labute approximate surface area is 131 Å². The first kappa shape index (κ1) is 14.4. The minimum atomic E-state index is 0.344. The summed E-state index contributed by atoms with van der Waals surface area (Å²) in [7, 11) is 0. The van der Waals surface area contributed by atoms with Crippen molar-refractivity contribution in [3.8, 4) is 11.8 Å². The van der Waals surface area contributed by atoms with Crippen molar-refractivity contribution < 1.29 is 4.74 Å². The first-order chi connectivity index (χ1) is 10.8. The van der Waals surface area contributed by atoms with Gasteiger partial charge in [-0.2, -0.15) is 5.26 Å². The number of hydrogen-bond donors (Lipinski definition) is 0. The Bertz CT molecular complexity index is 658. The van der Waals surface area contributed by atoms with Gasteiger partial charge in [0.2, 0.25) is 0 Å². The molecular formula is C18H19N3O. The first-order valence-corrected chi connectivity index (χ1v) is 7.67. The Balaban J connectivity index is 1.81. The van der Waals surface area contributed by atoms with Gasteiger partial charge < -0.3 is 9.64 Å². The van der Waals surface area contributed by atoms with Gasteiger partial charge in [-0.3, -0.25) is 0 Å². The van der Waals surface area contributed by atoms with Gasteiger partial charge >= 0.3 is 0 Å². The molecule has 4 nitrogen and oxygen atoms in total. The molecule has 1 fully saturated rings. The van der Waals surface area contributed by atoms with Crippen molar-refractivity contribution in [2.24, 2.45) is 0 Å². The SMILES string of the molecule is CCOc1ccc([C@H]2CCCN2c2ccc(C#N)cn2)cc1. The normalized spacial score (nSPS) is 17.3. The summed E-state index contributed by atoms with van der Waals surface area (Å²) in [5, 5.41) is 8.88. The summed E-state index contributed by atoms with van der Waals surface area (Å²) in [5.41, 5.74) is 1.88. The van der Waals surface area contributed by atoms with Crippen LogP contribution in [0.4, 0.5) is 5.82 Å². The summed E-state index contributed by atoms with van der Waals surface area (Å²) in [5.74, 6) is 1.85. The predicted molar refractivity (Wildman–Crippen MR) is 85.9 cm³/mol. The Kier molecular flexibility index (Phi) is 4.24. The molecule has 0 amide bonds. The average molecular weight is 293 g/mol. The molecular weight excluding hydrogens is 274 g/mol. The molecule has 0 N–H and O–H groups in total. The molecule has 1 aliphatic heterocycles. The van der Waals surface area contributed by atoms with Gasteiger partial charge in [0.1, 0.15) is 17.6 Å². The van der Waals surface area contributed by atoms with E-state index in [-0.39, 0.29) is 0 Å². The topological polar surface area (TPSA) is 49.1 Å². The second kappa shape index (κ2) is 6.48. The molecule has 1 aromatic heterocycles. The zero-order chi connectivity index (χ0) is 15.4. The molecule has 0 bridgehead atoms. The predicted octanol–water partition coefficient (Wildman–Crippen LogP) is 3.69. The van der Waals surface area contributed by atoms with Crippen LogP contribution < -0.4 is 9.64 Å². The van der Waals surface area contributed by atoms with Crippen molar-refractivity contribution in [3.05, 3.63) is 53.7 Å². The Morgan fingerprint density at radius 1 is 1.27 bits per heavy atom. The van der Waals surface area contributed by atoms with Crippen LogP contribution in [-0.2, 0) is 0 Å². The van der Waals surface area contributed by atoms with E-state index in [1.54, 1.807) is 6.20 Å². The van der Waals surface area contributed by atoms with Gasteiger partial charge in [0.05, 0.1) is 18.2 Å². The van der Waals surface area contributed by atoms with Gasteiger partial charge in [0, 0.05) is 12.7 Å². The summed E-state index contributed by atoms with van der Waals surface area (Å²) in [6, 6.07) is 14.6. The minimum absolute atomic E-state index is 0.344. The van der Waals surface area contributed by atoms with Crippen LogP contribution in [0.15, 0.2) is 42.6 Å². The largest absolute Gasteiger partial charge is 0.494 e. The van der Waals surface area contributed by atoms with E-state index in [1.807, 2.05) is 31.2 Å². The molecule has 1 aromatic carbocycles. The van der Waals surface area contributed by atoms with Gasteiger partial charge in [-0.15, -0.1) is 0 Å². The van der Waals surface area contributed by atoms with E-state index in [1.165, 1.54) is 5.56 Å². The van der Waals surface area contributed by atoms with Crippen LogP contribution >= 0.6 is 0 Å². The summed E-state index contributed by atoms with van der Waals surface area (Å²) in [6.45, 7) is 3.67. The summed E-state index contributed by atoms with van der Waals surface area (Å²) in [4.78, 5) is 6.75. The molecule has 0 unspecified atom stereocenters. The lowest BCUT2D eigenvalue weighted by molar-refractivity contribution is 0.340. The number of benzene rings is 1. The molecule has 2 heterocycles. The average Bonchev–Trinajstić information content (AvgIpc) is 3.05. The van der Waals surface area contributed by atoms with Crippen LogP contribution in [0.25, 0.3) is 0 Å². The fourth-order valence-electron chi connectivity index (χ4n) is 2.96. The maximum absolute atomic E-state index is 8.88. The van der Waals surface area contributed by atoms with Gasteiger partial charge in [-0.05, 0) is 49.6 Å². The van der Waals surface area contributed by atoms with Crippen LogP contribution in [0.5, 0.6) is 5.75 Å². The van der Waals surface area contributed by atoms with Crippen molar-refractivity contribution in [1.29, 1.82) is 5.26 Å². The molecule has 3 rings (SSSR count). The summed E-state index contributed by atoms with van der Waals surface area (Å²) < 4.78 is 5.50. The summed E-state index contributed by atoms with van der Waals surface area (Å²) >= 11 is 0. The minimum Gasteiger partial charge on any atom is -0.494 e. The van der Waals surface area contributed by atoms with Gasteiger partial charge in [-0.1, -0.05) is 12.1 Å². The maximum atomic E-state index is 8.88. The number of pyridine rings is 1. The fraction of sp³-hybridized carbons (Fsp3) is 0.333. The van der Waals surface area contributed by atoms with E-state index in [0.29, 0.717) is 18.2 Å². The first-order valence-electron chi connectivity index (χ1n) is 7.67. The van der Waals surface area contributed by atoms with E-state index in [0.717, 1.165) is 31.0 Å². The molecule has 1 atom stereocenters. The van der Waals surface area contributed by atoms with E-state index in [2.05, 4.69) is 28.1 Å². The third-order valence-corrected chi connectivity index (χ3v) is 4.00. The highest BCUT2D eigenvalue weighted by molar-refractivity contribution is 5.46. The van der Waals surface area contributed by atoms with Crippen LogP contribution in [0, 0.1) is 11.3 Å². The number of aromatic nitrogens is 1. The highest BCUT2D eigenvalue weighted by Crippen LogP contribution is 2.35. The van der Waals surface area contributed by atoms with E-state index in [4.69, 9.17) is 10.00 Å². The fourth-order valence-corrected chi connectivity index (χ4v) is 2.96. The Morgan fingerprint density at radius 3 is 2.73 bits per heavy atom. The monoisotopic (exact) mass is 293 g/mol. The van der Waals surface area contributed by atoms with Crippen LogP contribution in [-0.4, -0.2) is 18.1 Å². The molecule has 1 saturated heterocycles. The molecule has 1 aliphatic rings. The Hall–Kier alpha value is -2.54. The number of nitrogens with zero attached hydrogens (tertiary/aromatic N) is 3. The smallest absolute Gasteiger partial charge is 0.129 e. The van der Waals surface area contributed by atoms with Gasteiger partial charge in [0.25, 0.3) is 0 Å². The van der Waals surface area contributed by atoms with Crippen LogP contribution in [0.3, 0.4) is 0 Å². The number of ether oxygens (including phenoxy) is 1. The highest BCUT2D eigenvalue weighted by Gasteiger charge is 2.26. The number of rotatable bonds is 4. The second-order valence-electron chi connectivity index (χ2n) is 5.37. The summed E-state index contributed by atoms with van der Waals surface area (Å²) in [6.07, 6.45) is 3.91. The lowest BCUT2D eigenvalue weighted by Crippen LogP contribution is -2.23. The van der Waals surface area contributed by atoms with Crippen molar-refractivity contribution in [1.82, 2.24) is 4.98 Å². The molecule has 22 heavy (non-hydrogen) atoms. The lowest BCUT2D eigenvalue weighted by atomic mass is 10.0. The molecule has 0 aliphatic carbocycles. The van der Waals surface area contributed by atoms with Crippen LogP contribution in [0.1, 0.15) is 36.9 Å². The van der Waals surface area contributed by atoms with E-state index >= 15 is 0 Å². The number of anilines is 1. The molecule has 0 radical (unpaired) electrons. The second-order valence-corrected chi connectivity index (χ2v) is 5.37. The van der Waals surface area contributed by atoms with E-state index < -0.39 is 0 Å². The zero-order valence-corrected chi connectivity index (χ0v) is 12.7. The van der Waals surface area contributed by atoms with Crippen LogP contribution in [0.2, 0.25) is 0 Å². The third kappa shape index (κ3) is 2.89. The van der Waals surface area contributed by atoms with Gasteiger partial charge in [0.15, 0.2) is 0 Å². The molecule has 112 valence electrons. The molecule has 4 heteroatoms. The van der Waals surface area contributed by atoms with Crippen molar-refractivity contribution in [3.63, 3.8) is 0 Å². The van der Waals surface area contributed by atoms with Crippen molar-refractivity contribution >= 4 is 5.82 Å². The van der Waals surface area contributed by atoms with Gasteiger partial charge in [-0.25, -0.2) is 4.98 Å². The Morgan fingerprint density at radius 2 is 2.09 bits per heavy atom. The lowest BCUT2D eigenvalue weighted by Gasteiger charge is -2.26. The molecule has 0 spiro atoms. The standard InChI is InChI=1S/C18H19N3O/c1-2-22-16-8-6-15(7-9-16)17-4-3-11-21(17)18-10-5-14(12-19)13-20-18/h5-10,13,17H,2-4,11H2,1H3/t17-/m1/s1. The molecule has 0 saturated carbocycles. The number of hydrogen-bond acceptors (Lipinski definition) is 4. The maximum Gasteiger partial charge on any atom is 0.129 e. The van der Waals surface area contributed by atoms with Crippen molar-refractivity contribution in [2.45, 2.75) is 25.8 Å².